The van der Waals surface area contributed by atoms with Crippen molar-refractivity contribution in [2.45, 2.75) is 0 Å². The van der Waals surface area contributed by atoms with Crippen LogP contribution in [0.2, 0.25) is 0 Å². The van der Waals surface area contributed by atoms with Crippen molar-refractivity contribution in [2.75, 3.05) is 11.5 Å². The molecule has 4 N–H and O–H groups in total. The smallest absolute Gasteiger partial charge is 0.201 e. The van der Waals surface area contributed by atoms with Gasteiger partial charge in [-0.1, -0.05) is 0 Å². The zero-order valence-electron chi connectivity index (χ0n) is 7.25. The average molecular weight is 188 g/mol. The average Bonchev–Trinajstić information content (AvgIpc) is 2.18. The summed E-state index contributed by atoms with van der Waals surface area (Å²) in [5.74, 6) is 1.36. The number of nitrogen functional groups attached to an aromatic ring is 2. The molecule has 2 rings (SSSR count). The van der Waals surface area contributed by atoms with E-state index in [-0.39, 0.29) is 0 Å². The van der Waals surface area contributed by atoms with E-state index in [0.717, 1.165) is 0 Å². The highest BCUT2D eigenvalue weighted by Gasteiger charge is 2.05. The van der Waals surface area contributed by atoms with Gasteiger partial charge in [-0.3, -0.25) is 0 Å². The molecule has 6 nitrogen and oxygen atoms in total. The van der Waals surface area contributed by atoms with Gasteiger partial charge in [0.2, 0.25) is 5.82 Å². The predicted octanol–water partition coefficient (Wildman–Crippen LogP) is 0.0980. The molecule has 0 radical (unpaired) electrons. The van der Waals surface area contributed by atoms with Crippen molar-refractivity contribution in [3.05, 3.63) is 24.5 Å². The van der Waals surface area contributed by atoms with E-state index < -0.39 is 0 Å². The fraction of sp³-hybridized carbons (Fsp3) is 0. The topological polar surface area (TPSA) is 104 Å². The molecule has 0 aromatic carbocycles. The lowest BCUT2D eigenvalue weighted by atomic mass is 10.4. The molecule has 0 bridgehead atoms. The standard InChI is InChI=1S/C8H8N6/c9-5-4-6(10)14-8(13-5)7-11-2-1-3-12-7/h1-4H,(H4,9,10,13,14). The monoisotopic (exact) mass is 188 g/mol. The highest BCUT2D eigenvalue weighted by Crippen LogP contribution is 2.12. The first kappa shape index (κ1) is 8.36. The van der Waals surface area contributed by atoms with Crippen LogP contribution in [0.3, 0.4) is 0 Å². The SMILES string of the molecule is Nc1cc(N)nc(-c2ncccn2)n1. The zero-order valence-corrected chi connectivity index (χ0v) is 7.25. The summed E-state index contributed by atoms with van der Waals surface area (Å²) in [5, 5.41) is 0. The van der Waals surface area contributed by atoms with E-state index in [0.29, 0.717) is 23.3 Å². The molecule has 0 aliphatic carbocycles. The fourth-order valence-corrected chi connectivity index (χ4v) is 1.00. The molecular weight excluding hydrogens is 180 g/mol. The van der Waals surface area contributed by atoms with Crippen LogP contribution in [0, 0.1) is 0 Å². The Kier molecular flexibility index (Phi) is 1.94. The Bertz CT molecular complexity index is 421. The van der Waals surface area contributed by atoms with Crippen molar-refractivity contribution in [3.8, 4) is 11.6 Å². The number of nitrogens with two attached hydrogens (primary N) is 2. The molecule has 2 aromatic heterocycles. The summed E-state index contributed by atoms with van der Waals surface area (Å²) >= 11 is 0. The van der Waals surface area contributed by atoms with Crippen LogP contribution < -0.4 is 11.5 Å². The Morgan fingerprint density at radius 3 is 2.00 bits per heavy atom. The van der Waals surface area contributed by atoms with Gasteiger partial charge in [-0.15, -0.1) is 0 Å². The summed E-state index contributed by atoms with van der Waals surface area (Å²) < 4.78 is 0. The van der Waals surface area contributed by atoms with Crippen LogP contribution in [-0.2, 0) is 0 Å². The molecule has 70 valence electrons. The highest BCUT2D eigenvalue weighted by atomic mass is 15.0. The summed E-state index contributed by atoms with van der Waals surface area (Å²) in [7, 11) is 0. The van der Waals surface area contributed by atoms with Crippen LogP contribution in [0.15, 0.2) is 24.5 Å². The third-order valence-corrected chi connectivity index (χ3v) is 1.53. The van der Waals surface area contributed by atoms with E-state index in [1.165, 1.54) is 6.07 Å². The minimum absolute atomic E-state index is 0.306. The first-order valence-corrected chi connectivity index (χ1v) is 3.93. The number of hydrogen-bond acceptors (Lipinski definition) is 6. The first-order valence-electron chi connectivity index (χ1n) is 3.93. The van der Waals surface area contributed by atoms with E-state index in [2.05, 4.69) is 19.9 Å². The maximum absolute atomic E-state index is 5.51. The Hall–Kier alpha value is -2.24. The molecule has 0 amide bonds. The van der Waals surface area contributed by atoms with Gasteiger partial charge in [-0.05, 0) is 6.07 Å². The largest absolute Gasteiger partial charge is 0.384 e. The van der Waals surface area contributed by atoms with Crippen molar-refractivity contribution >= 4 is 11.6 Å². The van der Waals surface area contributed by atoms with Crippen LogP contribution in [0.5, 0.6) is 0 Å². The number of hydrogen-bond donors (Lipinski definition) is 2. The van der Waals surface area contributed by atoms with Gasteiger partial charge < -0.3 is 11.5 Å². The number of aromatic nitrogens is 4. The highest BCUT2D eigenvalue weighted by molar-refractivity contribution is 5.52. The molecule has 0 unspecified atom stereocenters. The zero-order chi connectivity index (χ0) is 9.97. The number of anilines is 2. The van der Waals surface area contributed by atoms with Crippen LogP contribution in [-0.4, -0.2) is 19.9 Å². The van der Waals surface area contributed by atoms with Gasteiger partial charge >= 0.3 is 0 Å². The summed E-state index contributed by atoms with van der Waals surface area (Å²) in [5.41, 5.74) is 11.0. The molecule has 0 atom stereocenters. The van der Waals surface area contributed by atoms with Crippen molar-refractivity contribution in [3.63, 3.8) is 0 Å². The molecule has 2 heterocycles. The van der Waals surface area contributed by atoms with Crippen molar-refractivity contribution in [1.29, 1.82) is 0 Å². The minimum Gasteiger partial charge on any atom is -0.384 e. The number of nitrogens with zero attached hydrogens (tertiary/aromatic N) is 4. The van der Waals surface area contributed by atoms with E-state index in [9.17, 15) is 0 Å². The quantitative estimate of drug-likeness (QED) is 0.657. The summed E-state index contributed by atoms with van der Waals surface area (Å²) in [6.07, 6.45) is 3.20. The van der Waals surface area contributed by atoms with Crippen molar-refractivity contribution < 1.29 is 0 Å². The maximum atomic E-state index is 5.51. The second kappa shape index (κ2) is 3.25. The van der Waals surface area contributed by atoms with Gasteiger partial charge in [0.15, 0.2) is 5.82 Å². The van der Waals surface area contributed by atoms with Crippen LogP contribution in [0.4, 0.5) is 11.6 Å². The second-order valence-corrected chi connectivity index (χ2v) is 2.61. The Balaban J connectivity index is 2.52. The molecule has 2 aromatic rings. The van der Waals surface area contributed by atoms with E-state index >= 15 is 0 Å². The van der Waals surface area contributed by atoms with Gasteiger partial charge in [0.05, 0.1) is 0 Å². The Morgan fingerprint density at radius 1 is 0.857 bits per heavy atom. The third-order valence-electron chi connectivity index (χ3n) is 1.53. The van der Waals surface area contributed by atoms with E-state index in [1.807, 2.05) is 0 Å². The fourth-order valence-electron chi connectivity index (χ4n) is 1.00. The summed E-state index contributed by atoms with van der Waals surface area (Å²) in [6, 6.07) is 3.19. The van der Waals surface area contributed by atoms with Crippen LogP contribution in [0.25, 0.3) is 11.6 Å². The molecule has 0 fully saturated rings. The lowest BCUT2D eigenvalue weighted by Gasteiger charge is -2.00. The van der Waals surface area contributed by atoms with Crippen LogP contribution >= 0.6 is 0 Å². The van der Waals surface area contributed by atoms with Gasteiger partial charge in [-0.2, -0.15) is 0 Å². The molecule has 0 saturated heterocycles. The molecule has 14 heavy (non-hydrogen) atoms. The third kappa shape index (κ3) is 1.58. The van der Waals surface area contributed by atoms with Gasteiger partial charge in [0.25, 0.3) is 0 Å². The number of rotatable bonds is 1. The molecule has 0 spiro atoms. The maximum Gasteiger partial charge on any atom is 0.201 e. The van der Waals surface area contributed by atoms with Gasteiger partial charge in [-0.25, -0.2) is 19.9 Å². The normalized spacial score (nSPS) is 10.0. The molecule has 0 aliphatic heterocycles. The molecular formula is C8H8N6. The molecule has 0 saturated carbocycles. The first-order chi connectivity index (χ1) is 6.75. The Labute approximate surface area is 80.0 Å². The predicted molar refractivity (Wildman–Crippen MR) is 51.9 cm³/mol. The lowest BCUT2D eigenvalue weighted by Crippen LogP contribution is -2.01. The van der Waals surface area contributed by atoms with E-state index in [4.69, 9.17) is 11.5 Å². The molecule has 6 heteroatoms. The van der Waals surface area contributed by atoms with Gasteiger partial charge in [0, 0.05) is 18.5 Å². The summed E-state index contributed by atoms with van der Waals surface area (Å²) in [6.45, 7) is 0. The van der Waals surface area contributed by atoms with Gasteiger partial charge in [0.1, 0.15) is 11.6 Å². The second-order valence-electron chi connectivity index (χ2n) is 2.61. The van der Waals surface area contributed by atoms with Crippen molar-refractivity contribution in [2.24, 2.45) is 0 Å². The minimum atomic E-state index is 0.306. The van der Waals surface area contributed by atoms with E-state index in [1.54, 1.807) is 18.5 Å². The lowest BCUT2D eigenvalue weighted by molar-refractivity contribution is 1.09. The van der Waals surface area contributed by atoms with Crippen molar-refractivity contribution in [1.82, 2.24) is 19.9 Å². The Morgan fingerprint density at radius 2 is 1.43 bits per heavy atom. The molecule has 0 aliphatic rings. The summed E-state index contributed by atoms with van der Waals surface area (Å²) in [4.78, 5) is 15.9. The van der Waals surface area contributed by atoms with Crippen LogP contribution in [0.1, 0.15) is 0 Å².